The van der Waals surface area contributed by atoms with Crippen molar-refractivity contribution >= 4 is 6.41 Å². The molecule has 9 heavy (non-hydrogen) atoms. The second-order valence-corrected chi connectivity index (χ2v) is 3.07. The molecule has 0 aliphatic carbocycles. The summed E-state index contributed by atoms with van der Waals surface area (Å²) in [5.74, 6) is 0. The zero-order chi connectivity index (χ0) is 6.91. The molecule has 0 spiro atoms. The van der Waals surface area contributed by atoms with Gasteiger partial charge in [0, 0.05) is 5.54 Å². The number of hydrogen-bond acceptors (Lipinski definition) is 2. The summed E-state index contributed by atoms with van der Waals surface area (Å²) in [7, 11) is 0. The molecule has 0 bridgehead atoms. The van der Waals surface area contributed by atoms with Crippen molar-refractivity contribution < 1.29 is 4.79 Å². The molecule has 1 atom stereocenters. The third-order valence-electron chi connectivity index (χ3n) is 1.55. The summed E-state index contributed by atoms with van der Waals surface area (Å²) in [5.41, 5.74) is 0.223. The SMILES string of the molecule is CC1(C)CC(NC=O)N1. The fourth-order valence-corrected chi connectivity index (χ4v) is 1.14. The Balaban J connectivity index is 2.19. The Labute approximate surface area is 54.8 Å². The van der Waals surface area contributed by atoms with E-state index < -0.39 is 0 Å². The summed E-state index contributed by atoms with van der Waals surface area (Å²) < 4.78 is 0. The molecule has 1 fully saturated rings. The number of amides is 1. The van der Waals surface area contributed by atoms with E-state index in [1.165, 1.54) is 0 Å². The minimum atomic E-state index is 0.206. The molecule has 0 radical (unpaired) electrons. The average molecular weight is 128 g/mol. The van der Waals surface area contributed by atoms with Gasteiger partial charge in [-0.25, -0.2) is 0 Å². The predicted octanol–water partition coefficient (Wildman–Crippen LogP) is -0.170. The fraction of sp³-hybridized carbons (Fsp3) is 0.833. The Morgan fingerprint density at radius 3 is 2.67 bits per heavy atom. The van der Waals surface area contributed by atoms with Crippen molar-refractivity contribution in [2.75, 3.05) is 0 Å². The van der Waals surface area contributed by atoms with Crippen molar-refractivity contribution in [2.24, 2.45) is 0 Å². The molecule has 1 unspecified atom stereocenters. The number of carbonyl (C=O) groups excluding carboxylic acids is 1. The maximum atomic E-state index is 9.87. The third-order valence-corrected chi connectivity index (χ3v) is 1.55. The highest BCUT2D eigenvalue weighted by molar-refractivity contribution is 5.47. The molecule has 2 N–H and O–H groups in total. The van der Waals surface area contributed by atoms with Crippen LogP contribution in [0.2, 0.25) is 0 Å². The Morgan fingerprint density at radius 1 is 1.78 bits per heavy atom. The van der Waals surface area contributed by atoms with Crippen LogP contribution in [0, 0.1) is 0 Å². The normalized spacial score (nSPS) is 30.7. The first-order chi connectivity index (χ1) is 4.14. The van der Waals surface area contributed by atoms with E-state index in [1.54, 1.807) is 0 Å². The molecule has 0 saturated carbocycles. The van der Waals surface area contributed by atoms with E-state index in [1.807, 2.05) is 0 Å². The van der Waals surface area contributed by atoms with Gasteiger partial charge in [-0.1, -0.05) is 0 Å². The van der Waals surface area contributed by atoms with Gasteiger partial charge in [0.05, 0.1) is 6.17 Å². The summed E-state index contributed by atoms with van der Waals surface area (Å²) in [4.78, 5) is 9.87. The van der Waals surface area contributed by atoms with Crippen molar-refractivity contribution in [3.8, 4) is 0 Å². The topological polar surface area (TPSA) is 41.1 Å². The monoisotopic (exact) mass is 128 g/mol. The largest absolute Gasteiger partial charge is 0.343 e. The van der Waals surface area contributed by atoms with Crippen LogP contribution >= 0.6 is 0 Å². The molecule has 1 aliphatic heterocycles. The van der Waals surface area contributed by atoms with Crippen molar-refractivity contribution in [3.63, 3.8) is 0 Å². The molecule has 52 valence electrons. The van der Waals surface area contributed by atoms with Gasteiger partial charge >= 0.3 is 0 Å². The van der Waals surface area contributed by atoms with E-state index in [2.05, 4.69) is 24.5 Å². The molecule has 1 aliphatic rings. The fourth-order valence-electron chi connectivity index (χ4n) is 1.14. The highest BCUT2D eigenvalue weighted by Crippen LogP contribution is 2.20. The Hall–Kier alpha value is -0.570. The van der Waals surface area contributed by atoms with Crippen LogP contribution in [0.5, 0.6) is 0 Å². The summed E-state index contributed by atoms with van der Waals surface area (Å²) in [6, 6.07) is 0. The standard InChI is InChI=1S/C6H12N2O/c1-6(2)3-5(8-6)7-4-9/h4-5,8H,3H2,1-2H3,(H,7,9). The van der Waals surface area contributed by atoms with Gasteiger partial charge in [0.25, 0.3) is 0 Å². The lowest BCUT2D eigenvalue weighted by atomic mass is 9.90. The minimum Gasteiger partial charge on any atom is -0.343 e. The van der Waals surface area contributed by atoms with Gasteiger partial charge in [0.2, 0.25) is 6.41 Å². The lowest BCUT2D eigenvalue weighted by Gasteiger charge is -2.43. The smallest absolute Gasteiger partial charge is 0.208 e. The summed E-state index contributed by atoms with van der Waals surface area (Å²) >= 11 is 0. The molecule has 0 aromatic heterocycles. The minimum absolute atomic E-state index is 0.206. The van der Waals surface area contributed by atoms with Crippen LogP contribution in [-0.2, 0) is 4.79 Å². The zero-order valence-electron chi connectivity index (χ0n) is 5.77. The zero-order valence-corrected chi connectivity index (χ0v) is 5.77. The third kappa shape index (κ3) is 1.42. The van der Waals surface area contributed by atoms with E-state index >= 15 is 0 Å². The predicted molar refractivity (Wildman–Crippen MR) is 34.8 cm³/mol. The molecule has 1 heterocycles. The summed E-state index contributed by atoms with van der Waals surface area (Å²) in [5, 5.41) is 5.82. The first-order valence-corrected chi connectivity index (χ1v) is 3.11. The molecule has 1 amide bonds. The lowest BCUT2D eigenvalue weighted by Crippen LogP contribution is -2.65. The molecule has 0 aromatic carbocycles. The molecule has 3 nitrogen and oxygen atoms in total. The van der Waals surface area contributed by atoms with E-state index in [0.717, 1.165) is 12.8 Å². The summed E-state index contributed by atoms with van der Waals surface area (Å²) in [6.07, 6.45) is 1.95. The number of rotatable bonds is 2. The van der Waals surface area contributed by atoms with Crippen LogP contribution in [0.3, 0.4) is 0 Å². The molecular weight excluding hydrogens is 116 g/mol. The Kier molecular flexibility index (Phi) is 1.45. The van der Waals surface area contributed by atoms with E-state index in [4.69, 9.17) is 0 Å². The van der Waals surface area contributed by atoms with Gasteiger partial charge in [-0.3, -0.25) is 10.1 Å². The van der Waals surface area contributed by atoms with Crippen molar-refractivity contribution in [1.82, 2.24) is 10.6 Å². The number of carbonyl (C=O) groups is 1. The van der Waals surface area contributed by atoms with Crippen LogP contribution in [-0.4, -0.2) is 18.1 Å². The van der Waals surface area contributed by atoms with Crippen LogP contribution in [0.4, 0.5) is 0 Å². The molecular formula is C6H12N2O. The van der Waals surface area contributed by atoms with Crippen molar-refractivity contribution in [1.29, 1.82) is 0 Å². The second kappa shape index (κ2) is 1.99. The van der Waals surface area contributed by atoms with Crippen molar-refractivity contribution in [2.45, 2.75) is 32.0 Å². The van der Waals surface area contributed by atoms with Crippen LogP contribution in [0.25, 0.3) is 0 Å². The quantitative estimate of drug-likeness (QED) is 0.507. The Morgan fingerprint density at radius 2 is 2.33 bits per heavy atom. The van der Waals surface area contributed by atoms with E-state index in [0.29, 0.717) is 0 Å². The Bertz CT molecular complexity index is 114. The molecule has 1 rings (SSSR count). The maximum Gasteiger partial charge on any atom is 0.208 e. The highest BCUT2D eigenvalue weighted by Gasteiger charge is 2.34. The molecule has 1 saturated heterocycles. The van der Waals surface area contributed by atoms with Gasteiger partial charge < -0.3 is 5.32 Å². The number of nitrogens with one attached hydrogen (secondary N) is 2. The van der Waals surface area contributed by atoms with Crippen LogP contribution < -0.4 is 10.6 Å². The maximum absolute atomic E-state index is 9.87. The van der Waals surface area contributed by atoms with E-state index in [-0.39, 0.29) is 11.7 Å². The number of hydrogen-bond donors (Lipinski definition) is 2. The van der Waals surface area contributed by atoms with Crippen LogP contribution in [0.1, 0.15) is 20.3 Å². The van der Waals surface area contributed by atoms with Crippen LogP contribution in [0.15, 0.2) is 0 Å². The molecule has 0 aromatic rings. The van der Waals surface area contributed by atoms with Gasteiger partial charge in [-0.2, -0.15) is 0 Å². The molecule has 3 heteroatoms. The van der Waals surface area contributed by atoms with E-state index in [9.17, 15) is 4.79 Å². The second-order valence-electron chi connectivity index (χ2n) is 3.07. The van der Waals surface area contributed by atoms with Gasteiger partial charge in [-0.15, -0.1) is 0 Å². The highest BCUT2D eigenvalue weighted by atomic mass is 16.1. The first-order valence-electron chi connectivity index (χ1n) is 3.11. The average Bonchev–Trinajstić information content (AvgIpc) is 1.62. The summed E-state index contributed by atoms with van der Waals surface area (Å²) in [6.45, 7) is 4.21. The first kappa shape index (κ1) is 6.55. The van der Waals surface area contributed by atoms with Gasteiger partial charge in [0.15, 0.2) is 0 Å². The van der Waals surface area contributed by atoms with Gasteiger partial charge in [0.1, 0.15) is 0 Å². The lowest BCUT2D eigenvalue weighted by molar-refractivity contribution is -0.111. The van der Waals surface area contributed by atoms with Crippen molar-refractivity contribution in [3.05, 3.63) is 0 Å². The van der Waals surface area contributed by atoms with Gasteiger partial charge in [-0.05, 0) is 20.3 Å².